The number of esters is 1. The van der Waals surface area contributed by atoms with Crippen molar-refractivity contribution in [2.45, 2.75) is 49.3 Å². The Hall–Kier alpha value is -2.78. The van der Waals surface area contributed by atoms with Gasteiger partial charge in [-0.25, -0.2) is 4.79 Å². The minimum absolute atomic E-state index is 0.0351. The fourth-order valence-electron chi connectivity index (χ4n) is 4.11. The standard InChI is InChI=1S/C21H22N3O5S/c1-3-29-19(25)20-14-6-8-16-7-4-5-9-18(16)21(20,26)24(23-22-20)30(27,28)17-12-10-15(2)11-13-17/h4-5,7,9-13H,3,6,8,14H2,1-2H3/q-1. The highest BCUT2D eigenvalue weighted by Gasteiger charge is 2.63. The number of hydrogen-bond acceptors (Lipinski definition) is 7. The van der Waals surface area contributed by atoms with Crippen LogP contribution in [0, 0.1) is 6.92 Å². The van der Waals surface area contributed by atoms with E-state index in [1.807, 2.05) is 6.92 Å². The number of rotatable bonds is 4. The molecule has 2 atom stereocenters. The van der Waals surface area contributed by atoms with Crippen molar-refractivity contribution in [3.63, 3.8) is 0 Å². The van der Waals surface area contributed by atoms with Crippen LogP contribution in [0.4, 0.5) is 0 Å². The molecule has 0 aromatic heterocycles. The molecule has 0 radical (unpaired) electrons. The van der Waals surface area contributed by atoms with Gasteiger partial charge in [0.25, 0.3) is 10.0 Å². The Kier molecular flexibility index (Phi) is 4.90. The fraction of sp³-hybridized carbons (Fsp3) is 0.381. The largest absolute Gasteiger partial charge is 0.826 e. The third-order valence-corrected chi connectivity index (χ3v) is 7.31. The quantitative estimate of drug-likeness (QED) is 0.693. The van der Waals surface area contributed by atoms with Gasteiger partial charge in [-0.1, -0.05) is 47.2 Å². The maximum absolute atomic E-state index is 14.6. The SMILES string of the molecule is CCOC(=O)C12CCCc3ccccc3C1([O-])N(S(=O)(=O)c1ccc(C)cc1)N=N2. The van der Waals surface area contributed by atoms with Gasteiger partial charge in [-0.15, -0.1) is 5.11 Å². The molecular weight excluding hydrogens is 406 g/mol. The maximum Gasteiger partial charge on any atom is 0.337 e. The molecular formula is C21H22N3O5S-. The van der Waals surface area contributed by atoms with Crippen LogP contribution in [0.25, 0.3) is 0 Å². The van der Waals surface area contributed by atoms with Crippen molar-refractivity contribution >= 4 is 16.0 Å². The molecule has 1 aliphatic heterocycles. The summed E-state index contributed by atoms with van der Waals surface area (Å²) in [5.41, 5.74) is -2.86. The number of benzene rings is 2. The van der Waals surface area contributed by atoms with Crippen LogP contribution >= 0.6 is 0 Å². The fourth-order valence-corrected chi connectivity index (χ4v) is 5.51. The number of nitrogens with zero attached hydrogens (tertiary/aromatic N) is 3. The first-order valence-corrected chi connectivity index (χ1v) is 11.2. The van der Waals surface area contributed by atoms with Gasteiger partial charge in [0, 0.05) is 0 Å². The molecule has 30 heavy (non-hydrogen) atoms. The van der Waals surface area contributed by atoms with Crippen molar-refractivity contribution in [3.8, 4) is 0 Å². The monoisotopic (exact) mass is 428 g/mol. The van der Waals surface area contributed by atoms with E-state index in [2.05, 4.69) is 10.3 Å². The Balaban J connectivity index is 1.95. The van der Waals surface area contributed by atoms with E-state index in [9.17, 15) is 18.3 Å². The van der Waals surface area contributed by atoms with Crippen LogP contribution in [0.2, 0.25) is 0 Å². The van der Waals surface area contributed by atoms with Crippen molar-refractivity contribution in [2.75, 3.05) is 6.61 Å². The van der Waals surface area contributed by atoms with Gasteiger partial charge in [-0.2, -0.15) is 12.8 Å². The lowest BCUT2D eigenvalue weighted by Gasteiger charge is -2.49. The second kappa shape index (κ2) is 7.17. The summed E-state index contributed by atoms with van der Waals surface area (Å²) in [6, 6.07) is 12.8. The van der Waals surface area contributed by atoms with Crippen molar-refractivity contribution < 1.29 is 23.1 Å². The second-order valence-electron chi connectivity index (χ2n) is 7.49. The third kappa shape index (κ3) is 2.76. The Labute approximate surface area is 175 Å². The predicted molar refractivity (Wildman–Crippen MR) is 105 cm³/mol. The average molecular weight is 428 g/mol. The highest BCUT2D eigenvalue weighted by atomic mass is 32.2. The van der Waals surface area contributed by atoms with Crippen molar-refractivity contribution in [1.82, 2.24) is 4.41 Å². The number of carbonyl (C=O) groups excluding carboxylic acids is 1. The van der Waals surface area contributed by atoms with E-state index in [1.165, 1.54) is 12.1 Å². The molecule has 2 aliphatic rings. The van der Waals surface area contributed by atoms with Crippen molar-refractivity contribution in [1.29, 1.82) is 0 Å². The minimum atomic E-state index is -4.38. The summed E-state index contributed by atoms with van der Waals surface area (Å²) in [5, 5.41) is 22.5. The van der Waals surface area contributed by atoms with Gasteiger partial charge in [0.15, 0.2) is 5.54 Å². The molecule has 0 spiro atoms. The molecule has 1 heterocycles. The summed E-state index contributed by atoms with van der Waals surface area (Å²) >= 11 is 0. The van der Waals surface area contributed by atoms with Crippen LogP contribution in [-0.2, 0) is 31.7 Å². The lowest BCUT2D eigenvalue weighted by Crippen LogP contribution is -2.68. The van der Waals surface area contributed by atoms with E-state index in [0.717, 1.165) is 5.56 Å². The number of sulfonamides is 1. The van der Waals surface area contributed by atoms with E-state index in [1.54, 1.807) is 43.3 Å². The molecule has 9 heteroatoms. The molecule has 0 bridgehead atoms. The predicted octanol–water partition coefficient (Wildman–Crippen LogP) is 2.22. The number of fused-ring (bicyclic) bond motifs is 3. The molecule has 0 N–H and O–H groups in total. The van der Waals surface area contributed by atoms with E-state index in [0.29, 0.717) is 22.8 Å². The number of aryl methyl sites for hydroxylation is 2. The van der Waals surface area contributed by atoms with Gasteiger partial charge in [-0.05, 0) is 56.4 Å². The highest BCUT2D eigenvalue weighted by molar-refractivity contribution is 7.89. The second-order valence-corrected chi connectivity index (χ2v) is 9.25. The molecule has 0 saturated carbocycles. The Bertz CT molecular complexity index is 1120. The molecule has 0 fully saturated rings. The maximum atomic E-state index is 14.6. The van der Waals surface area contributed by atoms with Gasteiger partial charge in [-0.3, -0.25) is 0 Å². The summed E-state index contributed by atoms with van der Waals surface area (Å²) in [5.74, 6) is -0.859. The van der Waals surface area contributed by atoms with Gasteiger partial charge >= 0.3 is 5.97 Å². The Morgan fingerprint density at radius 1 is 1.20 bits per heavy atom. The minimum Gasteiger partial charge on any atom is -0.826 e. The molecule has 8 nitrogen and oxygen atoms in total. The van der Waals surface area contributed by atoms with Gasteiger partial charge < -0.3 is 9.84 Å². The first-order valence-electron chi connectivity index (χ1n) is 9.78. The van der Waals surface area contributed by atoms with Crippen molar-refractivity contribution in [3.05, 3.63) is 65.2 Å². The summed E-state index contributed by atoms with van der Waals surface area (Å²) in [4.78, 5) is 12.9. The van der Waals surface area contributed by atoms with E-state index in [4.69, 9.17) is 4.74 Å². The van der Waals surface area contributed by atoms with Crippen molar-refractivity contribution in [2.24, 2.45) is 10.3 Å². The van der Waals surface area contributed by atoms with Crippen LogP contribution in [0.3, 0.4) is 0 Å². The molecule has 1 aliphatic carbocycles. The van der Waals surface area contributed by atoms with Crippen LogP contribution in [-0.4, -0.2) is 30.9 Å². The number of hydrogen-bond donors (Lipinski definition) is 0. The first kappa shape index (κ1) is 20.5. The van der Waals surface area contributed by atoms with E-state index >= 15 is 0 Å². The Morgan fingerprint density at radius 3 is 2.60 bits per heavy atom. The highest BCUT2D eigenvalue weighted by Crippen LogP contribution is 2.51. The molecule has 2 unspecified atom stereocenters. The molecule has 2 aromatic rings. The van der Waals surface area contributed by atoms with Crippen LogP contribution in [0.1, 0.15) is 36.5 Å². The molecule has 2 aromatic carbocycles. The average Bonchev–Trinajstić information content (AvgIpc) is 2.97. The number of carbonyl (C=O) groups is 1. The van der Waals surface area contributed by atoms with Crippen LogP contribution in [0.15, 0.2) is 63.8 Å². The van der Waals surface area contributed by atoms with Gasteiger partial charge in [0.2, 0.25) is 0 Å². The molecule has 4 rings (SSSR count). The van der Waals surface area contributed by atoms with Crippen LogP contribution < -0.4 is 5.11 Å². The zero-order chi connectivity index (χ0) is 21.6. The molecule has 0 saturated heterocycles. The number of ether oxygens (including phenoxy) is 1. The summed E-state index contributed by atoms with van der Waals surface area (Å²) < 4.78 is 32.6. The van der Waals surface area contributed by atoms with Gasteiger partial charge in [0.05, 0.1) is 17.2 Å². The Morgan fingerprint density at radius 2 is 1.90 bits per heavy atom. The molecule has 158 valence electrons. The zero-order valence-corrected chi connectivity index (χ0v) is 17.6. The summed E-state index contributed by atoms with van der Waals surface area (Å²) in [7, 11) is -4.38. The first-order chi connectivity index (χ1) is 14.3. The van der Waals surface area contributed by atoms with Gasteiger partial charge in [0.1, 0.15) is 0 Å². The van der Waals surface area contributed by atoms with E-state index in [-0.39, 0.29) is 23.5 Å². The third-order valence-electron chi connectivity index (χ3n) is 5.65. The van der Waals surface area contributed by atoms with E-state index < -0.39 is 27.3 Å². The summed E-state index contributed by atoms with van der Waals surface area (Å²) in [6.45, 7) is 3.49. The normalized spacial score (nSPS) is 25.4. The zero-order valence-electron chi connectivity index (χ0n) is 16.7. The summed E-state index contributed by atoms with van der Waals surface area (Å²) in [6.07, 6.45) is 1.03. The molecule has 0 amide bonds. The topological polar surface area (TPSA) is 111 Å². The van der Waals surface area contributed by atoms with Crippen LogP contribution in [0.5, 0.6) is 0 Å². The smallest absolute Gasteiger partial charge is 0.337 e. The lowest BCUT2D eigenvalue weighted by molar-refractivity contribution is -0.527. The lowest BCUT2D eigenvalue weighted by atomic mass is 9.80.